The molecule has 1 aromatic carbocycles. The molecule has 0 fully saturated rings. The molecule has 0 unspecified atom stereocenters. The maximum absolute atomic E-state index is 14.3. The average Bonchev–Trinajstić information content (AvgIpc) is 2.51. The molecule has 0 spiro atoms. The number of alkyl halides is 3. The molecule has 0 amide bonds. The van der Waals surface area contributed by atoms with E-state index < -0.39 is 40.3 Å². The van der Waals surface area contributed by atoms with Gasteiger partial charge in [0.25, 0.3) is 5.56 Å². The predicted molar refractivity (Wildman–Crippen MR) is 89.6 cm³/mol. The quantitative estimate of drug-likeness (QED) is 0.431. The highest BCUT2D eigenvalue weighted by atomic mass is 35.5. The number of benzene rings is 1. The second-order valence-electron chi connectivity index (χ2n) is 6.20. The van der Waals surface area contributed by atoms with Crippen molar-refractivity contribution in [3.05, 3.63) is 50.7 Å². The summed E-state index contributed by atoms with van der Waals surface area (Å²) in [5, 5.41) is 3.16. The van der Waals surface area contributed by atoms with Gasteiger partial charge in [0.15, 0.2) is 11.6 Å². The van der Waals surface area contributed by atoms with Crippen LogP contribution in [0.4, 0.5) is 17.6 Å². The number of nitrogens with zero attached hydrogens (tertiary/aromatic N) is 2. The normalized spacial score (nSPS) is 11.7. The zero-order valence-corrected chi connectivity index (χ0v) is 15.3. The first kappa shape index (κ1) is 20.9. The number of aromatic nitrogens is 2. The standard InChI is InChI=1S/C17H15ClF4N2O3/c1-8(2)4-15(25)27-14-6-13(12(19)5-11(14)18)24-16(26)9(3)10(7-23-24)17(20,21)22/h5-8H,4H2,1-3H3. The summed E-state index contributed by atoms with van der Waals surface area (Å²) in [6.45, 7) is 4.53. The fraction of sp³-hybridized carbons (Fsp3) is 0.353. The topological polar surface area (TPSA) is 61.2 Å². The van der Waals surface area contributed by atoms with Crippen LogP contribution in [-0.2, 0) is 11.0 Å². The summed E-state index contributed by atoms with van der Waals surface area (Å²) in [6.07, 6.45) is -4.28. The molecule has 0 aliphatic rings. The lowest BCUT2D eigenvalue weighted by atomic mass is 10.1. The van der Waals surface area contributed by atoms with Crippen molar-refractivity contribution >= 4 is 17.6 Å². The van der Waals surface area contributed by atoms with Crippen molar-refractivity contribution in [2.45, 2.75) is 33.4 Å². The Morgan fingerprint density at radius 1 is 1.33 bits per heavy atom. The monoisotopic (exact) mass is 406 g/mol. The molecule has 10 heteroatoms. The molecule has 2 rings (SSSR count). The SMILES string of the molecule is Cc1c(C(F)(F)F)cnn(-c2cc(OC(=O)CC(C)C)c(Cl)cc2F)c1=O. The van der Waals surface area contributed by atoms with E-state index in [4.69, 9.17) is 16.3 Å². The molecule has 0 radical (unpaired) electrons. The van der Waals surface area contributed by atoms with Crippen molar-refractivity contribution < 1.29 is 27.1 Å². The van der Waals surface area contributed by atoms with Gasteiger partial charge in [-0.25, -0.2) is 4.39 Å². The molecule has 0 saturated heterocycles. The zero-order chi connectivity index (χ0) is 20.5. The van der Waals surface area contributed by atoms with Gasteiger partial charge in [-0.15, -0.1) is 0 Å². The Labute approximate surface area is 156 Å². The van der Waals surface area contributed by atoms with Gasteiger partial charge in [-0.3, -0.25) is 9.59 Å². The van der Waals surface area contributed by atoms with Gasteiger partial charge in [-0.05, 0) is 18.9 Å². The zero-order valence-electron chi connectivity index (χ0n) is 14.5. The summed E-state index contributed by atoms with van der Waals surface area (Å²) in [5.41, 5.74) is -3.52. The van der Waals surface area contributed by atoms with Crippen LogP contribution in [-0.4, -0.2) is 15.7 Å². The lowest BCUT2D eigenvalue weighted by molar-refractivity contribution is -0.138. The van der Waals surface area contributed by atoms with Crippen LogP contribution in [0.25, 0.3) is 5.69 Å². The Bertz CT molecular complexity index is 939. The van der Waals surface area contributed by atoms with Crippen molar-refractivity contribution in [2.24, 2.45) is 5.92 Å². The van der Waals surface area contributed by atoms with Crippen LogP contribution in [0, 0.1) is 18.7 Å². The second kappa shape index (κ2) is 7.67. The van der Waals surface area contributed by atoms with Crippen LogP contribution in [0.1, 0.15) is 31.4 Å². The predicted octanol–water partition coefficient (Wildman–Crippen LogP) is 4.30. The molecule has 0 bridgehead atoms. The number of hydrogen-bond donors (Lipinski definition) is 0. The van der Waals surface area contributed by atoms with Crippen LogP contribution in [0.2, 0.25) is 5.02 Å². The third kappa shape index (κ3) is 4.65. The highest BCUT2D eigenvalue weighted by molar-refractivity contribution is 6.32. The van der Waals surface area contributed by atoms with Gasteiger partial charge in [0, 0.05) is 18.1 Å². The first-order valence-electron chi connectivity index (χ1n) is 7.78. The molecule has 5 nitrogen and oxygen atoms in total. The van der Waals surface area contributed by atoms with Crippen molar-refractivity contribution in [1.29, 1.82) is 0 Å². The summed E-state index contributed by atoms with van der Waals surface area (Å²) in [6, 6.07) is 1.73. The van der Waals surface area contributed by atoms with Crippen molar-refractivity contribution in [2.75, 3.05) is 0 Å². The summed E-state index contributed by atoms with van der Waals surface area (Å²) in [5.74, 6) is -1.88. The molecule has 27 heavy (non-hydrogen) atoms. The highest BCUT2D eigenvalue weighted by Crippen LogP contribution is 2.32. The lowest BCUT2D eigenvalue weighted by Crippen LogP contribution is -2.28. The van der Waals surface area contributed by atoms with Gasteiger partial charge in [0.1, 0.15) is 5.69 Å². The number of hydrogen-bond acceptors (Lipinski definition) is 4. The number of carbonyl (C=O) groups is 1. The van der Waals surface area contributed by atoms with Crippen LogP contribution < -0.4 is 10.3 Å². The Hall–Kier alpha value is -2.42. The molecule has 1 heterocycles. The molecule has 146 valence electrons. The van der Waals surface area contributed by atoms with Crippen LogP contribution in [0.3, 0.4) is 0 Å². The Balaban J connectivity index is 2.54. The van der Waals surface area contributed by atoms with E-state index in [0.717, 1.165) is 19.1 Å². The van der Waals surface area contributed by atoms with Gasteiger partial charge in [-0.1, -0.05) is 25.4 Å². The maximum atomic E-state index is 14.3. The molecule has 0 aliphatic heterocycles. The van der Waals surface area contributed by atoms with Crippen molar-refractivity contribution in [1.82, 2.24) is 9.78 Å². The molecule has 0 N–H and O–H groups in total. The van der Waals surface area contributed by atoms with Gasteiger partial charge in [0.05, 0.1) is 16.8 Å². The van der Waals surface area contributed by atoms with Gasteiger partial charge in [0.2, 0.25) is 0 Å². The fourth-order valence-electron chi connectivity index (χ4n) is 2.25. The molecular formula is C17H15ClF4N2O3. The summed E-state index contributed by atoms with van der Waals surface area (Å²) < 4.78 is 58.4. The molecule has 0 saturated carbocycles. The smallest absolute Gasteiger partial charge is 0.418 e. The fourth-order valence-corrected chi connectivity index (χ4v) is 2.44. The van der Waals surface area contributed by atoms with Crippen LogP contribution in [0.15, 0.2) is 23.1 Å². The number of halogens is 5. The Kier molecular flexibility index (Phi) is 5.94. The van der Waals surface area contributed by atoms with Crippen LogP contribution >= 0.6 is 11.6 Å². The van der Waals surface area contributed by atoms with Gasteiger partial charge < -0.3 is 4.74 Å². The first-order chi connectivity index (χ1) is 12.4. The van der Waals surface area contributed by atoms with E-state index in [1.807, 2.05) is 0 Å². The summed E-state index contributed by atoms with van der Waals surface area (Å²) in [7, 11) is 0. The summed E-state index contributed by atoms with van der Waals surface area (Å²) in [4.78, 5) is 24.0. The second-order valence-corrected chi connectivity index (χ2v) is 6.61. The number of esters is 1. The highest BCUT2D eigenvalue weighted by Gasteiger charge is 2.34. The summed E-state index contributed by atoms with van der Waals surface area (Å²) >= 11 is 5.85. The molecule has 1 aromatic heterocycles. The Morgan fingerprint density at radius 2 is 1.96 bits per heavy atom. The van der Waals surface area contributed by atoms with E-state index in [2.05, 4.69) is 5.10 Å². The third-order valence-corrected chi connectivity index (χ3v) is 3.85. The van der Waals surface area contributed by atoms with E-state index in [9.17, 15) is 27.2 Å². The van der Waals surface area contributed by atoms with E-state index >= 15 is 0 Å². The number of ether oxygens (including phenoxy) is 1. The number of rotatable bonds is 4. The number of carbonyl (C=O) groups excluding carboxylic acids is 1. The maximum Gasteiger partial charge on any atom is 0.418 e. The van der Waals surface area contributed by atoms with Gasteiger partial charge in [-0.2, -0.15) is 23.0 Å². The van der Waals surface area contributed by atoms with E-state index in [1.54, 1.807) is 13.8 Å². The average molecular weight is 407 g/mol. The van der Waals surface area contributed by atoms with E-state index in [1.165, 1.54) is 0 Å². The minimum absolute atomic E-state index is 0.00181. The first-order valence-corrected chi connectivity index (χ1v) is 8.15. The molecule has 0 aliphatic carbocycles. The molecule has 2 aromatic rings. The van der Waals surface area contributed by atoms with E-state index in [-0.39, 0.29) is 23.1 Å². The van der Waals surface area contributed by atoms with Crippen LogP contribution in [0.5, 0.6) is 5.75 Å². The Morgan fingerprint density at radius 3 is 2.52 bits per heavy atom. The largest absolute Gasteiger partial charge is 0.425 e. The molecule has 0 atom stereocenters. The minimum Gasteiger partial charge on any atom is -0.425 e. The van der Waals surface area contributed by atoms with Gasteiger partial charge >= 0.3 is 12.1 Å². The third-order valence-electron chi connectivity index (χ3n) is 3.55. The van der Waals surface area contributed by atoms with Crippen molar-refractivity contribution in [3.63, 3.8) is 0 Å². The molecular weight excluding hydrogens is 392 g/mol. The van der Waals surface area contributed by atoms with Crippen molar-refractivity contribution in [3.8, 4) is 11.4 Å². The lowest BCUT2D eigenvalue weighted by Gasteiger charge is -2.14. The minimum atomic E-state index is -4.77. The van der Waals surface area contributed by atoms with E-state index in [0.29, 0.717) is 10.9 Å².